The summed E-state index contributed by atoms with van der Waals surface area (Å²) in [6, 6.07) is 27.1. The van der Waals surface area contributed by atoms with Crippen LogP contribution >= 0.6 is 0 Å². The van der Waals surface area contributed by atoms with Gasteiger partial charge in [-0.3, -0.25) is 20.3 Å². The number of halogens is 1. The van der Waals surface area contributed by atoms with Crippen molar-refractivity contribution in [2.75, 3.05) is 13.1 Å². The van der Waals surface area contributed by atoms with Gasteiger partial charge in [-0.05, 0) is 106 Å². The van der Waals surface area contributed by atoms with E-state index in [1.165, 1.54) is 17.2 Å². The number of terminal acetylenes is 1. The fourth-order valence-corrected chi connectivity index (χ4v) is 6.06. The Morgan fingerprint density at radius 1 is 1.00 bits per heavy atom. The highest BCUT2D eigenvalue weighted by Gasteiger charge is 2.26. The SMILES string of the molecule is C#CC.C=C(CC(C)c1ccccn1)C(=Nc1ccccc1C)C1CCN(Cc2ccc(C(=N)c3ccccc3F)c(C)c2)CC1. The average Bonchev–Trinajstić information content (AvgIpc) is 3.05. The molecule has 0 amide bonds. The maximum atomic E-state index is 14.3. The Hall–Kier alpha value is -4.66. The van der Waals surface area contributed by atoms with E-state index in [0.29, 0.717) is 11.5 Å². The lowest BCUT2D eigenvalue weighted by atomic mass is 9.84. The summed E-state index contributed by atoms with van der Waals surface area (Å²) in [7, 11) is 0. The van der Waals surface area contributed by atoms with Gasteiger partial charge >= 0.3 is 0 Å². The minimum atomic E-state index is -0.363. The van der Waals surface area contributed by atoms with Gasteiger partial charge in [0, 0.05) is 47.1 Å². The summed E-state index contributed by atoms with van der Waals surface area (Å²) in [5.74, 6) is 2.50. The Morgan fingerprint density at radius 2 is 1.67 bits per heavy atom. The van der Waals surface area contributed by atoms with Crippen LogP contribution in [0, 0.1) is 43.3 Å². The van der Waals surface area contributed by atoms with E-state index in [4.69, 9.17) is 10.4 Å². The number of para-hydroxylation sites is 1. The van der Waals surface area contributed by atoms with Crippen molar-refractivity contribution in [2.24, 2.45) is 10.9 Å². The molecule has 4 nitrogen and oxygen atoms in total. The highest BCUT2D eigenvalue weighted by Crippen LogP contribution is 2.31. The zero-order valence-electron chi connectivity index (χ0n) is 27.6. The summed E-state index contributed by atoms with van der Waals surface area (Å²) in [6.07, 6.45) is 9.33. The Kier molecular flexibility index (Phi) is 12.3. The van der Waals surface area contributed by atoms with Gasteiger partial charge in [-0.2, -0.15) is 0 Å². The van der Waals surface area contributed by atoms with Gasteiger partial charge in [-0.15, -0.1) is 12.3 Å². The second kappa shape index (κ2) is 16.6. The number of aromatic nitrogens is 1. The Bertz CT molecular complexity index is 1710. The molecule has 4 aromatic rings. The van der Waals surface area contributed by atoms with E-state index in [2.05, 4.69) is 85.1 Å². The van der Waals surface area contributed by atoms with E-state index in [9.17, 15) is 4.39 Å². The third-order valence-corrected chi connectivity index (χ3v) is 8.55. The molecule has 236 valence electrons. The van der Waals surface area contributed by atoms with Gasteiger partial charge in [0.2, 0.25) is 0 Å². The summed E-state index contributed by atoms with van der Waals surface area (Å²) < 4.78 is 14.3. The molecule has 0 bridgehead atoms. The molecule has 5 rings (SSSR count). The van der Waals surface area contributed by atoms with E-state index in [0.717, 1.165) is 72.7 Å². The lowest BCUT2D eigenvalue weighted by molar-refractivity contribution is 0.202. The molecule has 0 radical (unpaired) electrons. The van der Waals surface area contributed by atoms with Crippen LogP contribution in [0.1, 0.15) is 72.5 Å². The number of aliphatic imine (C=N–C) groups is 1. The van der Waals surface area contributed by atoms with Gasteiger partial charge in [0.1, 0.15) is 5.82 Å². The van der Waals surface area contributed by atoms with Crippen molar-refractivity contribution < 1.29 is 4.39 Å². The number of allylic oxidation sites excluding steroid dienone is 1. The van der Waals surface area contributed by atoms with E-state index >= 15 is 0 Å². The predicted molar refractivity (Wildman–Crippen MR) is 191 cm³/mol. The number of pyridine rings is 1. The molecule has 0 spiro atoms. The molecule has 3 aromatic carbocycles. The molecule has 46 heavy (non-hydrogen) atoms. The number of benzene rings is 3. The predicted octanol–water partition coefficient (Wildman–Crippen LogP) is 9.63. The molecule has 1 aromatic heterocycles. The molecule has 2 heterocycles. The molecule has 1 unspecified atom stereocenters. The van der Waals surface area contributed by atoms with Crippen LogP contribution in [0.15, 0.2) is 108 Å². The zero-order chi connectivity index (χ0) is 33.1. The molecule has 1 aliphatic heterocycles. The molecule has 1 atom stereocenters. The largest absolute Gasteiger partial charge is 0.300 e. The average molecular weight is 613 g/mol. The Morgan fingerprint density at radius 3 is 2.33 bits per heavy atom. The van der Waals surface area contributed by atoms with Crippen molar-refractivity contribution in [3.8, 4) is 12.3 Å². The first-order valence-electron chi connectivity index (χ1n) is 16.0. The number of nitrogens with zero attached hydrogens (tertiary/aromatic N) is 3. The van der Waals surface area contributed by atoms with E-state index in [1.54, 1.807) is 25.1 Å². The van der Waals surface area contributed by atoms with Gasteiger partial charge in [-0.1, -0.05) is 68.1 Å². The number of hydrogen-bond donors (Lipinski definition) is 1. The Labute approximate surface area is 274 Å². The third kappa shape index (κ3) is 8.96. The summed E-state index contributed by atoms with van der Waals surface area (Å²) in [4.78, 5) is 12.3. The molecular weight excluding hydrogens is 567 g/mol. The molecule has 1 N–H and O–H groups in total. The second-order valence-electron chi connectivity index (χ2n) is 12.1. The normalized spacial score (nSPS) is 14.5. The van der Waals surface area contributed by atoms with Crippen LogP contribution in [-0.4, -0.2) is 34.4 Å². The first-order chi connectivity index (χ1) is 22.2. The lowest BCUT2D eigenvalue weighted by Crippen LogP contribution is -2.36. The lowest BCUT2D eigenvalue weighted by Gasteiger charge is -2.33. The van der Waals surface area contributed by atoms with E-state index < -0.39 is 0 Å². The van der Waals surface area contributed by atoms with Crippen molar-refractivity contribution in [2.45, 2.75) is 59.4 Å². The molecule has 0 saturated carbocycles. The molecule has 1 saturated heterocycles. The topological polar surface area (TPSA) is 52.3 Å². The fourth-order valence-electron chi connectivity index (χ4n) is 6.06. The van der Waals surface area contributed by atoms with Crippen LogP contribution in [-0.2, 0) is 6.54 Å². The van der Waals surface area contributed by atoms with Crippen LogP contribution in [0.4, 0.5) is 10.1 Å². The number of aryl methyl sites for hydroxylation is 2. The van der Waals surface area contributed by atoms with Crippen LogP contribution in [0.2, 0.25) is 0 Å². The highest BCUT2D eigenvalue weighted by atomic mass is 19.1. The van der Waals surface area contributed by atoms with Crippen LogP contribution in [0.25, 0.3) is 0 Å². The quantitative estimate of drug-likeness (QED) is 0.143. The Balaban J connectivity index is 0.00000154. The van der Waals surface area contributed by atoms with Crippen molar-refractivity contribution in [1.82, 2.24) is 9.88 Å². The smallest absolute Gasteiger partial charge is 0.132 e. The van der Waals surface area contributed by atoms with Crippen molar-refractivity contribution in [3.05, 3.63) is 143 Å². The summed E-state index contributed by atoms with van der Waals surface area (Å²) in [5, 5.41) is 8.59. The highest BCUT2D eigenvalue weighted by molar-refractivity contribution is 6.11. The standard InChI is InChI=1S/C38H41FN4.C3H4/c1-26-11-5-8-15-36(26)42-38(29(4)23-28(3)35-14-9-10-20-41-35)31-18-21-43(22-19-31)25-30-16-17-32(27(2)24-30)37(40)33-12-6-7-13-34(33)39;1-3-2/h5-17,20,24,28,31,40H,4,18-19,21-23,25H2,1-3H3;1H,2H3. The van der Waals surface area contributed by atoms with Gasteiger partial charge in [0.25, 0.3) is 0 Å². The van der Waals surface area contributed by atoms with Crippen LogP contribution in [0.5, 0.6) is 0 Å². The molecule has 1 aliphatic rings. The number of nitrogens with one attached hydrogen (secondary N) is 1. The number of hydrogen-bond acceptors (Lipinski definition) is 4. The minimum absolute atomic E-state index is 0.223. The van der Waals surface area contributed by atoms with Crippen LogP contribution < -0.4 is 0 Å². The molecular formula is C41H45FN4. The number of likely N-dealkylation sites (tertiary alicyclic amines) is 1. The van der Waals surface area contributed by atoms with Crippen molar-refractivity contribution in [1.29, 1.82) is 5.41 Å². The van der Waals surface area contributed by atoms with Crippen molar-refractivity contribution >= 4 is 17.1 Å². The summed E-state index contributed by atoms with van der Waals surface area (Å²) in [6.45, 7) is 15.4. The van der Waals surface area contributed by atoms with E-state index in [-0.39, 0.29) is 17.4 Å². The van der Waals surface area contributed by atoms with E-state index in [1.807, 2.05) is 31.3 Å². The van der Waals surface area contributed by atoms with Gasteiger partial charge < -0.3 is 0 Å². The first kappa shape index (κ1) is 34.2. The van der Waals surface area contributed by atoms with Crippen LogP contribution in [0.3, 0.4) is 0 Å². The third-order valence-electron chi connectivity index (χ3n) is 8.55. The van der Waals surface area contributed by atoms with Gasteiger partial charge in [0.15, 0.2) is 0 Å². The maximum absolute atomic E-state index is 14.3. The number of rotatable bonds is 10. The first-order valence-corrected chi connectivity index (χ1v) is 16.0. The minimum Gasteiger partial charge on any atom is -0.300 e. The molecule has 0 aliphatic carbocycles. The second-order valence-corrected chi connectivity index (χ2v) is 12.1. The monoisotopic (exact) mass is 612 g/mol. The van der Waals surface area contributed by atoms with Gasteiger partial charge in [-0.25, -0.2) is 4.39 Å². The zero-order valence-corrected chi connectivity index (χ0v) is 27.6. The van der Waals surface area contributed by atoms with Crippen molar-refractivity contribution in [3.63, 3.8) is 0 Å². The fraction of sp³-hybridized carbons (Fsp3) is 0.293. The summed E-state index contributed by atoms with van der Waals surface area (Å²) in [5.41, 5.74) is 9.03. The molecule has 5 heteroatoms. The maximum Gasteiger partial charge on any atom is 0.132 e. The molecule has 1 fully saturated rings. The summed E-state index contributed by atoms with van der Waals surface area (Å²) >= 11 is 0. The number of piperidine rings is 1. The van der Waals surface area contributed by atoms with Gasteiger partial charge in [0.05, 0.1) is 11.4 Å².